The molecule has 15 aromatic rings. The Morgan fingerprint density at radius 3 is 0.851 bits per heavy atom. The van der Waals surface area contributed by atoms with E-state index >= 15 is 0 Å². The van der Waals surface area contributed by atoms with Gasteiger partial charge in [-0.2, -0.15) is 0 Å². The van der Waals surface area contributed by atoms with Gasteiger partial charge >= 0.3 is 0 Å². The first-order valence-corrected chi connectivity index (χ1v) is 49.0. The maximum Gasteiger partial charge on any atom is 0.0799 e. The van der Waals surface area contributed by atoms with Gasteiger partial charge in [-0.05, 0) is 92.6 Å². The van der Waals surface area contributed by atoms with Crippen LogP contribution in [0.1, 0.15) is 69.6 Å². The average molecular weight is 2070 g/mol. The molecule has 0 aliphatic rings. The molecule has 0 spiro atoms. The number of benzene rings is 9. The minimum absolute atomic E-state index is 0. The Morgan fingerprint density at radius 2 is 0.579 bits per heavy atom. The summed E-state index contributed by atoms with van der Waals surface area (Å²) in [6, 6.07) is 118. The van der Waals surface area contributed by atoms with E-state index in [4.69, 9.17) is 15.0 Å². The molecule has 0 aliphatic heterocycles. The summed E-state index contributed by atoms with van der Waals surface area (Å²) in [7, 11) is -4.15. The standard InChI is InChI=1S/C24H28NSi.C23H26NSi.C22H24NSi.3C11H8N.3Ir/c1-6-18(2)22-16-23(25-17-24(22)26(3,4)5)21-14-12-20(13-15-21)19-10-8-7-9-11-19;1-17(2)21-15-22(24-16-23(21)25(3,4)5)20-13-11-19(12-14-20)18-9-7-6-8-10-18;1-5-17-15-21(23-16-22(17)24(2,3)4)20-13-11-19(12-14-20)18-9-7-6-8-10-18;3*1-2-6-10(7-3-1)11-8-4-5-9-12-11;;;/h7-14,16-18H,6H2,1-5H3;6-13,15-17H,1-5H3;6-13,15-16H,5H2,1-4H3;3*1-6,8-9H;;;/q6*-1;;;. The van der Waals surface area contributed by atoms with Crippen molar-refractivity contribution in [3.8, 4) is 101 Å². The van der Waals surface area contributed by atoms with Crippen molar-refractivity contribution in [3.63, 3.8) is 0 Å². The van der Waals surface area contributed by atoms with Gasteiger partial charge in [0, 0.05) is 97.5 Å². The molecule has 12 heteroatoms. The van der Waals surface area contributed by atoms with Gasteiger partial charge in [-0.25, -0.2) is 0 Å². The molecule has 0 bridgehead atoms. The molecule has 0 saturated carbocycles. The molecule has 6 nitrogen and oxygen atoms in total. The van der Waals surface area contributed by atoms with Gasteiger partial charge in [-0.3, -0.25) is 0 Å². The fourth-order valence-corrected chi connectivity index (χ4v) is 17.6. The molecular formula is C102H102Ir3N6Si3-6. The van der Waals surface area contributed by atoms with E-state index in [0.29, 0.717) is 11.8 Å². The summed E-state index contributed by atoms with van der Waals surface area (Å²) in [5.74, 6) is 1.06. The molecule has 0 saturated heterocycles. The third kappa shape index (κ3) is 27.1. The molecule has 0 N–H and O–H groups in total. The van der Waals surface area contributed by atoms with Crippen LogP contribution in [0.4, 0.5) is 0 Å². The van der Waals surface area contributed by atoms with Gasteiger partial charge in [-0.15, -0.1) is 197 Å². The third-order valence-corrected chi connectivity index (χ3v) is 25.1. The van der Waals surface area contributed by atoms with E-state index in [1.165, 1.54) is 65.6 Å². The van der Waals surface area contributed by atoms with Crippen molar-refractivity contribution < 1.29 is 60.3 Å². The maximum absolute atomic E-state index is 4.80. The number of hydrogen-bond donors (Lipinski definition) is 0. The minimum Gasteiger partial charge on any atom is -0.305 e. The molecule has 1 unspecified atom stereocenters. The van der Waals surface area contributed by atoms with Crippen molar-refractivity contribution in [1.29, 1.82) is 0 Å². The quantitative estimate of drug-likeness (QED) is 0.0709. The van der Waals surface area contributed by atoms with Gasteiger partial charge < -0.3 is 29.9 Å². The van der Waals surface area contributed by atoms with E-state index in [-0.39, 0.29) is 60.3 Å². The SMILES string of the molecule is CC(C)c1cc(-c2[c-]cc(-c3ccccc3)cc2)ncc1[Si](C)(C)C.CCC(C)c1cc(-c2[c-]cc(-c3ccccc3)cc2)ncc1[Si](C)(C)C.CCc1cc(-c2[c-]cc(-c3ccccc3)cc2)ncc1[Si](C)(C)C.[Ir].[Ir].[Ir].[c-]1ccccc1-c1ccccn1.[c-]1ccccc1-c1ccccn1.[c-]1ccccc1-c1ccccn1. The second-order valence-corrected chi connectivity index (χ2v) is 45.8. The number of aryl methyl sites for hydroxylation is 1. The normalized spacial score (nSPS) is 11.0. The van der Waals surface area contributed by atoms with Gasteiger partial charge in [0.15, 0.2) is 0 Å². The summed E-state index contributed by atoms with van der Waals surface area (Å²) in [6.45, 7) is 32.8. The Hall–Kier alpha value is -9.52. The second-order valence-electron chi connectivity index (χ2n) is 30.7. The van der Waals surface area contributed by atoms with E-state index < -0.39 is 24.2 Å². The van der Waals surface area contributed by atoms with Crippen LogP contribution >= 0.6 is 0 Å². The molecule has 0 aliphatic carbocycles. The molecule has 0 amide bonds. The Bertz CT molecular complexity index is 4950. The van der Waals surface area contributed by atoms with Crippen LogP contribution in [0.2, 0.25) is 58.9 Å². The fraction of sp³-hybridized carbons (Fsp3) is 0.176. The molecule has 15 rings (SSSR count). The van der Waals surface area contributed by atoms with Gasteiger partial charge in [0.05, 0.1) is 24.2 Å². The molecule has 9 aromatic carbocycles. The Labute approximate surface area is 724 Å². The monoisotopic (exact) mass is 2070 g/mol. The zero-order valence-electron chi connectivity index (χ0n) is 67.9. The van der Waals surface area contributed by atoms with E-state index in [2.05, 4.69) is 309 Å². The fourth-order valence-electron chi connectivity index (χ4n) is 12.6. The number of nitrogens with zero attached hydrogens (tertiary/aromatic N) is 6. The molecule has 0 fully saturated rings. The summed E-state index contributed by atoms with van der Waals surface area (Å²) in [5, 5.41) is 4.42. The number of aromatic nitrogens is 6. The first-order chi connectivity index (χ1) is 53.6. The van der Waals surface area contributed by atoms with E-state index in [0.717, 1.165) is 80.4 Å². The van der Waals surface area contributed by atoms with E-state index in [1.807, 2.05) is 146 Å². The zero-order chi connectivity index (χ0) is 78.6. The smallest absolute Gasteiger partial charge is 0.0799 e. The largest absolute Gasteiger partial charge is 0.305 e. The third-order valence-electron chi connectivity index (χ3n) is 19.0. The van der Waals surface area contributed by atoms with Crippen molar-refractivity contribution >= 4 is 39.8 Å². The van der Waals surface area contributed by atoms with Crippen LogP contribution in [0.15, 0.2) is 328 Å². The number of pyridine rings is 6. The predicted molar refractivity (Wildman–Crippen MR) is 478 cm³/mol. The first-order valence-electron chi connectivity index (χ1n) is 38.5. The molecule has 3 radical (unpaired) electrons. The van der Waals surface area contributed by atoms with Crippen LogP contribution < -0.4 is 15.6 Å². The molecule has 6 heterocycles. The van der Waals surface area contributed by atoms with Crippen LogP contribution in [0.25, 0.3) is 101 Å². The molecule has 114 heavy (non-hydrogen) atoms. The average Bonchev–Trinajstić information content (AvgIpc) is 0.825. The van der Waals surface area contributed by atoms with Crippen molar-refractivity contribution in [2.24, 2.45) is 0 Å². The number of rotatable bonds is 16. The van der Waals surface area contributed by atoms with Crippen LogP contribution in [0.5, 0.6) is 0 Å². The topological polar surface area (TPSA) is 77.3 Å². The zero-order valence-corrected chi connectivity index (χ0v) is 78.1. The van der Waals surface area contributed by atoms with Crippen molar-refractivity contribution in [2.75, 3.05) is 0 Å². The summed E-state index contributed by atoms with van der Waals surface area (Å²) in [5.41, 5.74) is 23.8. The van der Waals surface area contributed by atoms with Crippen LogP contribution in [-0.2, 0) is 66.7 Å². The Morgan fingerprint density at radius 1 is 0.281 bits per heavy atom. The van der Waals surface area contributed by atoms with Crippen LogP contribution in [-0.4, -0.2) is 54.1 Å². The van der Waals surface area contributed by atoms with Gasteiger partial charge in [0.1, 0.15) is 0 Å². The molecule has 585 valence electrons. The van der Waals surface area contributed by atoms with Crippen LogP contribution in [0, 0.1) is 36.4 Å². The first kappa shape index (κ1) is 91.7. The summed E-state index contributed by atoms with van der Waals surface area (Å²) in [4.78, 5) is 26.9. The Balaban J connectivity index is 0.000000194. The van der Waals surface area contributed by atoms with Gasteiger partial charge in [-0.1, -0.05) is 289 Å². The van der Waals surface area contributed by atoms with E-state index in [9.17, 15) is 0 Å². The molecule has 1 atom stereocenters. The number of hydrogen-bond acceptors (Lipinski definition) is 6. The van der Waals surface area contributed by atoms with Gasteiger partial charge in [0.2, 0.25) is 0 Å². The van der Waals surface area contributed by atoms with Crippen LogP contribution in [0.3, 0.4) is 0 Å². The summed E-state index contributed by atoms with van der Waals surface area (Å²) in [6.07, 6.45) is 13.9. The predicted octanol–water partition coefficient (Wildman–Crippen LogP) is 25.1. The van der Waals surface area contributed by atoms with Crippen molar-refractivity contribution in [1.82, 2.24) is 29.9 Å². The minimum atomic E-state index is -1.41. The van der Waals surface area contributed by atoms with Crippen molar-refractivity contribution in [3.05, 3.63) is 381 Å². The summed E-state index contributed by atoms with van der Waals surface area (Å²) >= 11 is 0. The maximum atomic E-state index is 4.80. The molecule has 6 aromatic heterocycles. The van der Waals surface area contributed by atoms with Crippen molar-refractivity contribution in [2.45, 2.75) is 118 Å². The van der Waals surface area contributed by atoms with E-state index in [1.54, 1.807) is 18.6 Å². The Kier molecular flexibility index (Phi) is 36.6. The second kappa shape index (κ2) is 45.5. The molecular weight excluding hydrogens is 1970 g/mol. The summed E-state index contributed by atoms with van der Waals surface area (Å²) < 4.78 is 0. The van der Waals surface area contributed by atoms with Gasteiger partial charge in [0.25, 0.3) is 0 Å².